The topological polar surface area (TPSA) is 76.0 Å². The third kappa shape index (κ3) is 4.48. The monoisotopic (exact) mass is 413 g/mol. The molecule has 29 heavy (non-hydrogen) atoms. The molecule has 0 aliphatic carbocycles. The zero-order chi connectivity index (χ0) is 20.1. The Hall–Kier alpha value is -2.32. The van der Waals surface area contributed by atoms with Gasteiger partial charge in [-0.1, -0.05) is 42.8 Å². The number of amides is 1. The molecule has 0 bridgehead atoms. The maximum atomic E-state index is 12.7. The number of rotatable bonds is 7. The number of carbonyl (C=O) groups is 1. The number of thioether (sulfide) groups is 1. The molecule has 1 N–H and O–H groups in total. The summed E-state index contributed by atoms with van der Waals surface area (Å²) in [6, 6.07) is 8.15. The van der Waals surface area contributed by atoms with E-state index in [9.17, 15) is 4.79 Å². The summed E-state index contributed by atoms with van der Waals surface area (Å²) in [6.07, 6.45) is 6.61. The van der Waals surface area contributed by atoms with Crippen LogP contribution in [0.5, 0.6) is 0 Å². The van der Waals surface area contributed by atoms with Crippen molar-refractivity contribution in [3.63, 3.8) is 0 Å². The summed E-state index contributed by atoms with van der Waals surface area (Å²) in [5.74, 6) is 1.37. The van der Waals surface area contributed by atoms with E-state index in [1.807, 2.05) is 29.3 Å². The molecule has 7 nitrogen and oxygen atoms in total. The molecule has 0 radical (unpaired) electrons. The number of hydrogen-bond donors (Lipinski definition) is 1. The fraction of sp³-hybridized carbons (Fsp3) is 0.476. The van der Waals surface area contributed by atoms with Gasteiger partial charge in [-0.05, 0) is 18.9 Å². The van der Waals surface area contributed by atoms with E-state index in [0.717, 1.165) is 53.4 Å². The first-order chi connectivity index (χ1) is 14.3. The molecule has 3 heterocycles. The summed E-state index contributed by atoms with van der Waals surface area (Å²) in [5.41, 5.74) is 2.07. The number of para-hydroxylation sites is 1. The number of methoxy groups -OCH3 is 1. The second kappa shape index (κ2) is 9.45. The highest BCUT2D eigenvalue weighted by molar-refractivity contribution is 7.99. The number of aromatic amines is 1. The van der Waals surface area contributed by atoms with E-state index in [-0.39, 0.29) is 5.91 Å². The lowest BCUT2D eigenvalue weighted by molar-refractivity contribution is -0.128. The van der Waals surface area contributed by atoms with Crippen LogP contribution >= 0.6 is 11.8 Å². The van der Waals surface area contributed by atoms with Crippen LogP contribution in [0.3, 0.4) is 0 Å². The smallest absolute Gasteiger partial charge is 0.233 e. The van der Waals surface area contributed by atoms with E-state index in [1.165, 1.54) is 24.6 Å². The fourth-order valence-electron chi connectivity index (χ4n) is 3.77. The van der Waals surface area contributed by atoms with Gasteiger partial charge in [0, 0.05) is 42.9 Å². The minimum absolute atomic E-state index is 0.187. The molecule has 2 aromatic heterocycles. The van der Waals surface area contributed by atoms with Gasteiger partial charge in [-0.25, -0.2) is 0 Å². The maximum Gasteiger partial charge on any atom is 0.233 e. The van der Waals surface area contributed by atoms with Gasteiger partial charge in [-0.15, -0.1) is 10.2 Å². The van der Waals surface area contributed by atoms with Crippen molar-refractivity contribution in [3.8, 4) is 11.4 Å². The van der Waals surface area contributed by atoms with Crippen molar-refractivity contribution < 1.29 is 9.53 Å². The Balaban J connectivity index is 1.55. The third-order valence-electron chi connectivity index (χ3n) is 5.35. The van der Waals surface area contributed by atoms with Gasteiger partial charge >= 0.3 is 0 Å². The van der Waals surface area contributed by atoms with Crippen LogP contribution in [0.1, 0.15) is 25.7 Å². The number of fused-ring (bicyclic) bond motifs is 1. The first-order valence-electron chi connectivity index (χ1n) is 10.2. The maximum absolute atomic E-state index is 12.7. The molecule has 0 spiro atoms. The Morgan fingerprint density at radius 3 is 2.76 bits per heavy atom. The first kappa shape index (κ1) is 20.0. The van der Waals surface area contributed by atoms with E-state index in [0.29, 0.717) is 18.9 Å². The van der Waals surface area contributed by atoms with Gasteiger partial charge in [0.1, 0.15) is 0 Å². The Labute approximate surface area is 174 Å². The van der Waals surface area contributed by atoms with E-state index in [2.05, 4.69) is 25.8 Å². The number of carbonyl (C=O) groups excluding carboxylic acids is 1. The summed E-state index contributed by atoms with van der Waals surface area (Å²) < 4.78 is 7.35. The van der Waals surface area contributed by atoms with Crippen LogP contribution in [0.25, 0.3) is 22.3 Å². The average molecular weight is 414 g/mol. The Morgan fingerprint density at radius 2 is 1.97 bits per heavy atom. The Morgan fingerprint density at radius 1 is 1.17 bits per heavy atom. The summed E-state index contributed by atoms with van der Waals surface area (Å²) in [4.78, 5) is 18.0. The highest BCUT2D eigenvalue weighted by Crippen LogP contribution is 2.30. The minimum atomic E-state index is 0.187. The predicted molar refractivity (Wildman–Crippen MR) is 115 cm³/mol. The normalized spacial score (nSPS) is 15.0. The molecular weight excluding hydrogens is 386 g/mol. The van der Waals surface area contributed by atoms with Crippen LogP contribution in [0.4, 0.5) is 0 Å². The highest BCUT2D eigenvalue weighted by Gasteiger charge is 2.20. The Bertz CT molecular complexity index is 959. The van der Waals surface area contributed by atoms with Gasteiger partial charge in [-0.3, -0.25) is 9.36 Å². The van der Waals surface area contributed by atoms with Crippen molar-refractivity contribution in [1.82, 2.24) is 24.6 Å². The molecule has 0 atom stereocenters. The van der Waals surface area contributed by atoms with Crippen molar-refractivity contribution in [2.45, 2.75) is 37.4 Å². The number of nitrogens with zero attached hydrogens (tertiary/aromatic N) is 4. The second-order valence-electron chi connectivity index (χ2n) is 7.28. The van der Waals surface area contributed by atoms with Crippen molar-refractivity contribution in [2.75, 3.05) is 32.6 Å². The molecule has 154 valence electrons. The molecule has 0 unspecified atom stereocenters. The first-order valence-corrected chi connectivity index (χ1v) is 11.2. The molecule has 3 aromatic rings. The summed E-state index contributed by atoms with van der Waals surface area (Å²) in [6.45, 7) is 2.94. The van der Waals surface area contributed by atoms with Crippen LogP contribution in [-0.2, 0) is 16.1 Å². The number of aromatic nitrogens is 4. The van der Waals surface area contributed by atoms with Crippen LogP contribution in [0.15, 0.2) is 35.6 Å². The standard InChI is InChI=1S/C21H27N5O2S/c1-28-13-12-26-20(17-14-22-18-9-5-4-8-16(17)18)23-24-21(26)29-15-19(27)25-10-6-2-3-7-11-25/h4-5,8-9,14,22H,2-3,6-7,10-13,15H2,1H3. The lowest BCUT2D eigenvalue weighted by atomic mass is 10.1. The zero-order valence-corrected chi connectivity index (χ0v) is 17.6. The second-order valence-corrected chi connectivity index (χ2v) is 8.22. The van der Waals surface area contributed by atoms with Crippen LogP contribution in [-0.4, -0.2) is 63.1 Å². The molecule has 1 amide bonds. The molecular formula is C21H27N5O2S. The van der Waals surface area contributed by atoms with Crippen molar-refractivity contribution in [3.05, 3.63) is 30.5 Å². The minimum Gasteiger partial charge on any atom is -0.383 e. The Kier molecular flexibility index (Phi) is 6.51. The van der Waals surface area contributed by atoms with Crippen molar-refractivity contribution in [2.24, 2.45) is 0 Å². The number of nitrogens with one attached hydrogen (secondary N) is 1. The molecule has 1 saturated heterocycles. The largest absolute Gasteiger partial charge is 0.383 e. The average Bonchev–Trinajstić information content (AvgIpc) is 3.23. The van der Waals surface area contributed by atoms with Gasteiger partial charge in [0.25, 0.3) is 0 Å². The van der Waals surface area contributed by atoms with Crippen molar-refractivity contribution >= 4 is 28.6 Å². The summed E-state index contributed by atoms with van der Waals surface area (Å²) >= 11 is 1.46. The van der Waals surface area contributed by atoms with Crippen molar-refractivity contribution in [1.29, 1.82) is 0 Å². The predicted octanol–water partition coefficient (Wildman–Crippen LogP) is 3.57. The van der Waals surface area contributed by atoms with Crippen LogP contribution in [0, 0.1) is 0 Å². The highest BCUT2D eigenvalue weighted by atomic mass is 32.2. The van der Waals surface area contributed by atoms with Gasteiger partial charge in [0.05, 0.1) is 18.9 Å². The zero-order valence-electron chi connectivity index (χ0n) is 16.8. The van der Waals surface area contributed by atoms with E-state index in [1.54, 1.807) is 7.11 Å². The number of ether oxygens (including phenoxy) is 1. The molecule has 4 rings (SSSR count). The summed E-state index contributed by atoms with van der Waals surface area (Å²) in [5, 5.41) is 10.7. The molecule has 0 saturated carbocycles. The van der Waals surface area contributed by atoms with Crippen LogP contribution < -0.4 is 0 Å². The molecule has 1 fully saturated rings. The van der Waals surface area contributed by atoms with Gasteiger partial charge in [-0.2, -0.15) is 0 Å². The summed E-state index contributed by atoms with van der Waals surface area (Å²) in [7, 11) is 1.69. The van der Waals surface area contributed by atoms with Gasteiger partial charge < -0.3 is 14.6 Å². The van der Waals surface area contributed by atoms with E-state index in [4.69, 9.17) is 4.74 Å². The lowest BCUT2D eigenvalue weighted by Gasteiger charge is -2.19. The number of hydrogen-bond acceptors (Lipinski definition) is 5. The van der Waals surface area contributed by atoms with Gasteiger partial charge in [0.15, 0.2) is 11.0 Å². The molecule has 1 aliphatic rings. The van der Waals surface area contributed by atoms with E-state index < -0.39 is 0 Å². The van der Waals surface area contributed by atoms with E-state index >= 15 is 0 Å². The number of likely N-dealkylation sites (tertiary alicyclic amines) is 1. The third-order valence-corrected chi connectivity index (χ3v) is 6.30. The molecule has 1 aromatic carbocycles. The lowest BCUT2D eigenvalue weighted by Crippen LogP contribution is -2.33. The van der Waals surface area contributed by atoms with Gasteiger partial charge in [0.2, 0.25) is 5.91 Å². The quantitative estimate of drug-likeness (QED) is 0.599. The molecule has 1 aliphatic heterocycles. The SMILES string of the molecule is COCCn1c(SCC(=O)N2CCCCCC2)nnc1-c1c[nH]c2ccccc12. The molecule has 8 heteroatoms. The fourth-order valence-corrected chi connectivity index (χ4v) is 4.64. The van der Waals surface area contributed by atoms with Crippen LogP contribution in [0.2, 0.25) is 0 Å². The number of H-pyrrole nitrogens is 1. The number of benzene rings is 1.